The first-order valence-electron chi connectivity index (χ1n) is 4.98. The molecule has 0 aliphatic heterocycles. The first-order chi connectivity index (χ1) is 7.82. The fourth-order valence-electron chi connectivity index (χ4n) is 2.00. The second-order valence-electron chi connectivity index (χ2n) is 3.95. The highest BCUT2D eigenvalue weighted by Crippen LogP contribution is 2.35. The monoisotopic (exact) mass is 241 g/mol. The highest BCUT2D eigenvalue weighted by Gasteiger charge is 2.33. The lowest BCUT2D eigenvalue weighted by Crippen LogP contribution is -2.18. The van der Waals surface area contributed by atoms with Gasteiger partial charge >= 0.3 is 6.18 Å². The van der Waals surface area contributed by atoms with Crippen molar-refractivity contribution in [1.29, 1.82) is 0 Å². The lowest BCUT2D eigenvalue weighted by Gasteiger charge is -2.13. The minimum Gasteiger partial charge on any atom is -0.318 e. The molecule has 0 saturated carbocycles. The van der Waals surface area contributed by atoms with Gasteiger partial charge in [-0.15, -0.1) is 0 Å². The third kappa shape index (κ3) is 1.81. The molecular formula is C12H10F3NO. The number of hydrogen-bond donors (Lipinski definition) is 0. The van der Waals surface area contributed by atoms with Gasteiger partial charge in [0, 0.05) is 24.0 Å². The summed E-state index contributed by atoms with van der Waals surface area (Å²) in [7, 11) is 1.52. The average molecular weight is 241 g/mol. The largest absolute Gasteiger partial charge is 0.417 e. The predicted octanol–water partition coefficient (Wildman–Crippen LogP) is 2.87. The molecule has 0 amide bonds. The zero-order valence-electron chi connectivity index (χ0n) is 9.30. The van der Waals surface area contributed by atoms with Gasteiger partial charge in [-0.25, -0.2) is 0 Å². The van der Waals surface area contributed by atoms with Crippen molar-refractivity contribution in [2.75, 3.05) is 0 Å². The van der Waals surface area contributed by atoms with Gasteiger partial charge in [0.2, 0.25) is 0 Å². The number of pyridine rings is 1. The molecule has 0 spiro atoms. The number of aryl methyl sites for hydroxylation is 2. The van der Waals surface area contributed by atoms with Crippen molar-refractivity contribution in [3.63, 3.8) is 0 Å². The van der Waals surface area contributed by atoms with E-state index in [4.69, 9.17) is 0 Å². The van der Waals surface area contributed by atoms with Crippen LogP contribution in [0, 0.1) is 6.92 Å². The summed E-state index contributed by atoms with van der Waals surface area (Å²) in [6.07, 6.45) is -3.03. The molecule has 2 rings (SSSR count). The van der Waals surface area contributed by atoms with Crippen molar-refractivity contribution >= 4 is 10.8 Å². The van der Waals surface area contributed by atoms with Gasteiger partial charge in [0.25, 0.3) is 5.56 Å². The molecule has 0 saturated heterocycles. The molecule has 17 heavy (non-hydrogen) atoms. The maximum atomic E-state index is 12.8. The van der Waals surface area contributed by atoms with E-state index in [-0.39, 0.29) is 10.8 Å². The predicted molar refractivity (Wildman–Crippen MR) is 58.9 cm³/mol. The third-order valence-electron chi connectivity index (χ3n) is 2.70. The van der Waals surface area contributed by atoms with E-state index >= 15 is 0 Å². The summed E-state index contributed by atoms with van der Waals surface area (Å²) in [6, 6.07) is 3.67. The Labute approximate surface area is 95.3 Å². The first-order valence-corrected chi connectivity index (χ1v) is 4.98. The Morgan fingerprint density at radius 1 is 1.24 bits per heavy atom. The van der Waals surface area contributed by atoms with Crippen LogP contribution < -0.4 is 5.56 Å². The molecule has 1 heterocycles. The van der Waals surface area contributed by atoms with Crippen molar-refractivity contribution in [2.45, 2.75) is 13.1 Å². The van der Waals surface area contributed by atoms with Crippen LogP contribution in [-0.2, 0) is 13.2 Å². The number of benzene rings is 1. The third-order valence-corrected chi connectivity index (χ3v) is 2.70. The van der Waals surface area contributed by atoms with Crippen LogP contribution in [-0.4, -0.2) is 4.57 Å². The molecule has 1 aromatic heterocycles. The molecule has 0 atom stereocenters. The molecule has 1 aromatic carbocycles. The number of halogens is 3. The highest BCUT2D eigenvalue weighted by atomic mass is 19.4. The number of alkyl halides is 3. The fraction of sp³-hybridized carbons (Fsp3) is 0.250. The summed E-state index contributed by atoms with van der Waals surface area (Å²) < 4.78 is 39.8. The molecule has 0 aliphatic rings. The molecule has 0 fully saturated rings. The molecule has 5 heteroatoms. The average Bonchev–Trinajstić information content (AvgIpc) is 2.24. The van der Waals surface area contributed by atoms with Gasteiger partial charge in [-0.05, 0) is 24.6 Å². The van der Waals surface area contributed by atoms with Gasteiger partial charge in [-0.2, -0.15) is 13.2 Å². The summed E-state index contributed by atoms with van der Waals surface area (Å²) in [5.74, 6) is 0. The summed E-state index contributed by atoms with van der Waals surface area (Å²) in [5, 5.41) is 0.0884. The molecule has 2 nitrogen and oxygen atoms in total. The Morgan fingerprint density at radius 2 is 1.88 bits per heavy atom. The maximum Gasteiger partial charge on any atom is 0.417 e. The van der Waals surface area contributed by atoms with E-state index in [2.05, 4.69) is 0 Å². The molecule has 90 valence electrons. The van der Waals surface area contributed by atoms with E-state index in [1.54, 1.807) is 6.92 Å². The van der Waals surface area contributed by atoms with Crippen molar-refractivity contribution < 1.29 is 13.2 Å². The summed E-state index contributed by atoms with van der Waals surface area (Å²) in [5.41, 5.74) is -0.739. The Balaban J connectivity index is 3.01. The zero-order chi connectivity index (χ0) is 12.8. The van der Waals surface area contributed by atoms with Gasteiger partial charge in [0.15, 0.2) is 0 Å². The lowest BCUT2D eigenvalue weighted by atomic mass is 10.0. The van der Waals surface area contributed by atoms with Gasteiger partial charge < -0.3 is 4.57 Å². The zero-order valence-corrected chi connectivity index (χ0v) is 9.30. The second-order valence-corrected chi connectivity index (χ2v) is 3.95. The number of hydrogen-bond acceptors (Lipinski definition) is 1. The Kier molecular flexibility index (Phi) is 2.49. The standard InChI is InChI=1S/C12H10F3NO/c1-7-6-16(2)11(17)8-4-3-5-9(10(7)8)12(13,14)15/h3-6H,1-2H3. The minimum absolute atomic E-state index is 0.0110. The van der Waals surface area contributed by atoms with Crippen molar-refractivity contribution in [3.05, 3.63) is 45.9 Å². The van der Waals surface area contributed by atoms with Crippen LogP contribution in [0.1, 0.15) is 11.1 Å². The molecule has 2 aromatic rings. The molecule has 0 unspecified atom stereocenters. The van der Waals surface area contributed by atoms with Crippen molar-refractivity contribution in [1.82, 2.24) is 4.57 Å². The molecule has 0 aliphatic carbocycles. The van der Waals surface area contributed by atoms with Crippen LogP contribution in [0.25, 0.3) is 10.8 Å². The lowest BCUT2D eigenvalue weighted by molar-refractivity contribution is -0.136. The Hall–Kier alpha value is -1.78. The fourth-order valence-corrected chi connectivity index (χ4v) is 2.00. The quantitative estimate of drug-likeness (QED) is 0.695. The van der Waals surface area contributed by atoms with Crippen LogP contribution in [0.15, 0.2) is 29.2 Å². The Bertz CT molecular complexity index is 640. The molecule has 0 bridgehead atoms. The second kappa shape index (κ2) is 3.61. The van der Waals surface area contributed by atoms with Crippen LogP contribution >= 0.6 is 0 Å². The van der Waals surface area contributed by atoms with E-state index in [1.807, 2.05) is 0 Å². The van der Waals surface area contributed by atoms with Crippen LogP contribution in [0.2, 0.25) is 0 Å². The van der Waals surface area contributed by atoms with Gasteiger partial charge in [-0.1, -0.05) is 6.07 Å². The smallest absolute Gasteiger partial charge is 0.318 e. The first kappa shape index (κ1) is 11.7. The van der Waals surface area contributed by atoms with E-state index < -0.39 is 17.3 Å². The SMILES string of the molecule is Cc1cn(C)c(=O)c2cccc(C(F)(F)F)c12. The maximum absolute atomic E-state index is 12.8. The molecule has 0 radical (unpaired) electrons. The normalized spacial score (nSPS) is 12.1. The van der Waals surface area contributed by atoms with E-state index in [9.17, 15) is 18.0 Å². The minimum atomic E-state index is -4.45. The van der Waals surface area contributed by atoms with Crippen LogP contribution in [0.4, 0.5) is 13.2 Å². The summed E-state index contributed by atoms with van der Waals surface area (Å²) in [6.45, 7) is 1.57. The van der Waals surface area contributed by atoms with Gasteiger partial charge in [-0.3, -0.25) is 4.79 Å². The molecule has 0 N–H and O–H groups in total. The van der Waals surface area contributed by atoms with Gasteiger partial charge in [0.1, 0.15) is 0 Å². The topological polar surface area (TPSA) is 22.0 Å². The van der Waals surface area contributed by atoms with E-state index in [0.717, 1.165) is 6.07 Å². The Morgan fingerprint density at radius 3 is 2.47 bits per heavy atom. The van der Waals surface area contributed by atoms with Crippen LogP contribution in [0.3, 0.4) is 0 Å². The van der Waals surface area contributed by atoms with E-state index in [1.165, 1.54) is 29.9 Å². The van der Waals surface area contributed by atoms with E-state index in [0.29, 0.717) is 5.56 Å². The number of rotatable bonds is 0. The number of fused-ring (bicyclic) bond motifs is 1. The summed E-state index contributed by atoms with van der Waals surface area (Å²) in [4.78, 5) is 11.8. The summed E-state index contributed by atoms with van der Waals surface area (Å²) >= 11 is 0. The van der Waals surface area contributed by atoms with Crippen molar-refractivity contribution in [2.24, 2.45) is 7.05 Å². The number of nitrogens with zero attached hydrogens (tertiary/aromatic N) is 1. The highest BCUT2D eigenvalue weighted by molar-refractivity contribution is 5.88. The van der Waals surface area contributed by atoms with Crippen LogP contribution in [0.5, 0.6) is 0 Å². The molecular weight excluding hydrogens is 231 g/mol. The number of aromatic nitrogens is 1. The van der Waals surface area contributed by atoms with Crippen molar-refractivity contribution in [3.8, 4) is 0 Å². The van der Waals surface area contributed by atoms with Gasteiger partial charge in [0.05, 0.1) is 5.56 Å².